The van der Waals surface area contributed by atoms with Gasteiger partial charge >= 0.3 is 0 Å². The Labute approximate surface area is 157 Å². The van der Waals surface area contributed by atoms with E-state index in [2.05, 4.69) is 53.5 Å². The largest absolute Gasteiger partial charge is 0.493 e. The summed E-state index contributed by atoms with van der Waals surface area (Å²) in [4.78, 5) is 2.53. The lowest BCUT2D eigenvalue weighted by atomic mass is 10.00. The number of nitrogens with one attached hydrogen (secondary N) is 1. The van der Waals surface area contributed by atoms with Crippen molar-refractivity contribution in [1.82, 2.24) is 10.2 Å². The second kappa shape index (κ2) is 9.60. The molecule has 26 heavy (non-hydrogen) atoms. The van der Waals surface area contributed by atoms with Gasteiger partial charge in [-0.25, -0.2) is 0 Å². The zero-order valence-electron chi connectivity index (χ0n) is 16.0. The van der Waals surface area contributed by atoms with Gasteiger partial charge in [0.25, 0.3) is 0 Å². The van der Waals surface area contributed by atoms with Crippen molar-refractivity contribution >= 4 is 0 Å². The van der Waals surface area contributed by atoms with Gasteiger partial charge in [-0.05, 0) is 41.7 Å². The average molecular weight is 354 g/mol. The molecule has 0 unspecified atom stereocenters. The quantitative estimate of drug-likeness (QED) is 0.697. The fourth-order valence-electron chi connectivity index (χ4n) is 3.37. The molecule has 4 nitrogen and oxygen atoms in total. The van der Waals surface area contributed by atoms with Crippen molar-refractivity contribution in [2.24, 2.45) is 0 Å². The molecule has 0 spiro atoms. The number of nitrogens with zero attached hydrogens (tertiary/aromatic N) is 1. The van der Waals surface area contributed by atoms with Crippen LogP contribution in [0, 0.1) is 0 Å². The first-order chi connectivity index (χ1) is 12.8. The average Bonchev–Trinajstić information content (AvgIpc) is 2.69. The summed E-state index contributed by atoms with van der Waals surface area (Å²) in [6, 6.07) is 15.0. The molecule has 0 radical (unpaired) electrons. The molecule has 0 atom stereocenters. The van der Waals surface area contributed by atoms with Crippen molar-refractivity contribution in [1.29, 1.82) is 0 Å². The van der Waals surface area contributed by atoms with E-state index in [4.69, 9.17) is 9.47 Å². The van der Waals surface area contributed by atoms with Crippen LogP contribution in [0.15, 0.2) is 42.5 Å². The maximum Gasteiger partial charge on any atom is 0.161 e. The summed E-state index contributed by atoms with van der Waals surface area (Å²) >= 11 is 0. The summed E-state index contributed by atoms with van der Waals surface area (Å²) < 4.78 is 11.2. The van der Waals surface area contributed by atoms with Crippen molar-refractivity contribution in [3.05, 3.63) is 59.2 Å². The van der Waals surface area contributed by atoms with E-state index in [1.165, 1.54) is 16.7 Å². The summed E-state index contributed by atoms with van der Waals surface area (Å²) in [5, 5.41) is 3.55. The Morgan fingerprint density at radius 2 is 1.92 bits per heavy atom. The molecule has 1 N–H and O–H groups in total. The minimum Gasteiger partial charge on any atom is -0.493 e. The van der Waals surface area contributed by atoms with Crippen LogP contribution in [0.3, 0.4) is 0 Å². The van der Waals surface area contributed by atoms with Crippen LogP contribution in [-0.2, 0) is 19.5 Å². The summed E-state index contributed by atoms with van der Waals surface area (Å²) in [7, 11) is 1.69. The Kier molecular flexibility index (Phi) is 6.92. The Morgan fingerprint density at radius 1 is 1.08 bits per heavy atom. The monoisotopic (exact) mass is 354 g/mol. The Bertz CT molecular complexity index is 702. The molecule has 1 aliphatic rings. The molecule has 4 heteroatoms. The number of fused-ring (bicyclic) bond motifs is 1. The van der Waals surface area contributed by atoms with E-state index in [-0.39, 0.29) is 0 Å². The number of hydrogen-bond donors (Lipinski definition) is 1. The molecule has 1 aliphatic heterocycles. The third-order valence-corrected chi connectivity index (χ3v) is 4.83. The van der Waals surface area contributed by atoms with Gasteiger partial charge in [0.1, 0.15) is 0 Å². The van der Waals surface area contributed by atoms with Gasteiger partial charge in [-0.1, -0.05) is 37.3 Å². The van der Waals surface area contributed by atoms with Crippen molar-refractivity contribution in [3.8, 4) is 11.5 Å². The SMILES string of the molecule is CCCOc1ccc(CNCCN2CCc3ccccc3C2)cc1OC. The van der Waals surface area contributed by atoms with E-state index in [0.29, 0.717) is 6.61 Å². The van der Waals surface area contributed by atoms with Crippen molar-refractivity contribution in [2.45, 2.75) is 32.9 Å². The third kappa shape index (κ3) is 4.99. The fraction of sp³-hybridized carbons (Fsp3) is 0.455. The molecule has 2 aromatic rings. The van der Waals surface area contributed by atoms with Crippen molar-refractivity contribution < 1.29 is 9.47 Å². The minimum atomic E-state index is 0.715. The minimum absolute atomic E-state index is 0.715. The van der Waals surface area contributed by atoms with E-state index in [9.17, 15) is 0 Å². The summed E-state index contributed by atoms with van der Waals surface area (Å²) in [5.41, 5.74) is 4.20. The number of rotatable bonds is 9. The van der Waals surface area contributed by atoms with Crippen LogP contribution in [0.2, 0.25) is 0 Å². The number of methoxy groups -OCH3 is 1. The lowest BCUT2D eigenvalue weighted by Crippen LogP contribution is -2.35. The second-order valence-corrected chi connectivity index (χ2v) is 6.81. The van der Waals surface area contributed by atoms with E-state index in [1.54, 1.807) is 7.11 Å². The number of ether oxygens (including phenoxy) is 2. The molecule has 0 fully saturated rings. The maximum absolute atomic E-state index is 5.71. The first kappa shape index (κ1) is 18.7. The van der Waals surface area contributed by atoms with E-state index in [0.717, 1.165) is 57.1 Å². The predicted molar refractivity (Wildman–Crippen MR) is 106 cm³/mol. The molecule has 0 saturated carbocycles. The van der Waals surface area contributed by atoms with Crippen molar-refractivity contribution in [2.75, 3.05) is 33.4 Å². The van der Waals surface area contributed by atoms with Gasteiger partial charge in [-0.2, -0.15) is 0 Å². The van der Waals surface area contributed by atoms with E-state index >= 15 is 0 Å². The van der Waals surface area contributed by atoms with Gasteiger partial charge in [0.2, 0.25) is 0 Å². The van der Waals surface area contributed by atoms with E-state index in [1.807, 2.05) is 6.07 Å². The Hall–Kier alpha value is -2.04. The van der Waals surface area contributed by atoms with Gasteiger partial charge in [-0.15, -0.1) is 0 Å². The lowest BCUT2D eigenvalue weighted by Gasteiger charge is -2.28. The lowest BCUT2D eigenvalue weighted by molar-refractivity contribution is 0.254. The van der Waals surface area contributed by atoms with Gasteiger partial charge in [0.15, 0.2) is 11.5 Å². The number of benzene rings is 2. The summed E-state index contributed by atoms with van der Waals surface area (Å²) in [5.74, 6) is 1.63. The summed E-state index contributed by atoms with van der Waals surface area (Å²) in [6.45, 7) is 7.93. The molecule has 2 aromatic carbocycles. The molecule has 1 heterocycles. The fourth-order valence-corrected chi connectivity index (χ4v) is 3.37. The van der Waals surface area contributed by atoms with Crippen molar-refractivity contribution in [3.63, 3.8) is 0 Å². The van der Waals surface area contributed by atoms with Crippen LogP contribution in [0.1, 0.15) is 30.0 Å². The molecule has 0 bridgehead atoms. The second-order valence-electron chi connectivity index (χ2n) is 6.81. The predicted octanol–water partition coefficient (Wildman–Crippen LogP) is 3.63. The van der Waals surface area contributed by atoms with Gasteiger partial charge in [0.05, 0.1) is 13.7 Å². The molecule has 0 aliphatic carbocycles. The first-order valence-electron chi connectivity index (χ1n) is 9.59. The zero-order valence-corrected chi connectivity index (χ0v) is 16.0. The molecular formula is C22H30N2O2. The van der Waals surface area contributed by atoms with Crippen LogP contribution < -0.4 is 14.8 Å². The number of hydrogen-bond acceptors (Lipinski definition) is 4. The van der Waals surface area contributed by atoms with E-state index < -0.39 is 0 Å². The highest BCUT2D eigenvalue weighted by atomic mass is 16.5. The standard InChI is InChI=1S/C22H30N2O2/c1-3-14-26-21-9-8-18(15-22(21)25-2)16-23-11-13-24-12-10-19-6-4-5-7-20(19)17-24/h4-9,15,23H,3,10-14,16-17H2,1-2H3. The highest BCUT2D eigenvalue weighted by Gasteiger charge is 2.14. The van der Waals surface area contributed by atoms with Crippen LogP contribution in [0.4, 0.5) is 0 Å². The van der Waals surface area contributed by atoms with Crippen LogP contribution in [0.5, 0.6) is 11.5 Å². The van der Waals surface area contributed by atoms with Crippen LogP contribution in [0.25, 0.3) is 0 Å². The third-order valence-electron chi connectivity index (χ3n) is 4.83. The van der Waals surface area contributed by atoms with Gasteiger partial charge in [0, 0.05) is 32.7 Å². The first-order valence-corrected chi connectivity index (χ1v) is 9.59. The topological polar surface area (TPSA) is 33.7 Å². The van der Waals surface area contributed by atoms with Gasteiger partial charge < -0.3 is 14.8 Å². The molecule has 3 rings (SSSR count). The molecule has 0 aromatic heterocycles. The normalized spacial score (nSPS) is 14.1. The van der Waals surface area contributed by atoms with Crippen LogP contribution in [-0.4, -0.2) is 38.3 Å². The maximum atomic E-state index is 5.71. The zero-order chi connectivity index (χ0) is 18.2. The summed E-state index contributed by atoms with van der Waals surface area (Å²) in [6.07, 6.45) is 2.15. The highest BCUT2D eigenvalue weighted by molar-refractivity contribution is 5.43. The van der Waals surface area contributed by atoms with Crippen LogP contribution >= 0.6 is 0 Å². The molecular weight excluding hydrogens is 324 g/mol. The molecule has 0 saturated heterocycles. The molecule has 140 valence electrons. The highest BCUT2D eigenvalue weighted by Crippen LogP contribution is 2.28. The molecule has 0 amide bonds. The Morgan fingerprint density at radius 3 is 2.73 bits per heavy atom. The smallest absolute Gasteiger partial charge is 0.161 e. The Balaban J connectivity index is 1.44. The van der Waals surface area contributed by atoms with Gasteiger partial charge in [-0.3, -0.25) is 4.90 Å².